The summed E-state index contributed by atoms with van der Waals surface area (Å²) in [6.07, 6.45) is 4.43. The summed E-state index contributed by atoms with van der Waals surface area (Å²) in [6, 6.07) is -0.00482. The van der Waals surface area contributed by atoms with E-state index in [9.17, 15) is 9.90 Å². The lowest BCUT2D eigenvalue weighted by Gasteiger charge is -2.29. The minimum absolute atomic E-state index is 0.00482. The average Bonchev–Trinajstić information content (AvgIpc) is 2.58. The Kier molecular flexibility index (Phi) is 4.10. The normalized spacial score (nSPS) is 24.8. The van der Waals surface area contributed by atoms with Crippen LogP contribution in [0.5, 0.6) is 0 Å². The van der Waals surface area contributed by atoms with Crippen LogP contribution in [0.4, 0.5) is 0 Å². The number of amides is 1. The molecule has 0 aromatic carbocycles. The zero-order valence-corrected chi connectivity index (χ0v) is 10.3. The van der Waals surface area contributed by atoms with Crippen molar-refractivity contribution in [2.45, 2.75) is 38.8 Å². The molecule has 1 amide bonds. The van der Waals surface area contributed by atoms with Crippen molar-refractivity contribution in [3.63, 3.8) is 0 Å². The van der Waals surface area contributed by atoms with Gasteiger partial charge in [-0.2, -0.15) is 0 Å². The molecule has 0 fully saturated rings. The lowest BCUT2D eigenvalue weighted by molar-refractivity contribution is -0.136. The van der Waals surface area contributed by atoms with E-state index >= 15 is 0 Å². The SMILES string of the molecule is CCN(CC(C)(C)O)C(=O)C1C=CC(N)C1. The Balaban J connectivity index is 2.60. The van der Waals surface area contributed by atoms with Crippen LogP contribution in [0.3, 0.4) is 0 Å². The highest BCUT2D eigenvalue weighted by Gasteiger charge is 2.29. The molecule has 1 rings (SSSR count). The molecule has 0 saturated heterocycles. The number of carbonyl (C=O) groups is 1. The first kappa shape index (κ1) is 13.2. The van der Waals surface area contributed by atoms with E-state index in [0.29, 0.717) is 19.5 Å². The molecule has 0 aliphatic heterocycles. The molecule has 0 heterocycles. The van der Waals surface area contributed by atoms with Gasteiger partial charge < -0.3 is 15.7 Å². The summed E-state index contributed by atoms with van der Waals surface area (Å²) < 4.78 is 0. The van der Waals surface area contributed by atoms with Gasteiger partial charge in [-0.1, -0.05) is 12.2 Å². The van der Waals surface area contributed by atoms with Crippen molar-refractivity contribution in [1.82, 2.24) is 4.90 Å². The van der Waals surface area contributed by atoms with Crippen LogP contribution >= 0.6 is 0 Å². The molecule has 16 heavy (non-hydrogen) atoms. The highest BCUT2D eigenvalue weighted by atomic mass is 16.3. The standard InChI is InChI=1S/C12H22N2O2/c1-4-14(8-12(2,3)16)11(15)9-5-6-10(13)7-9/h5-6,9-10,16H,4,7-8,13H2,1-3H3. The molecule has 0 aromatic rings. The number of aliphatic hydroxyl groups is 1. The summed E-state index contributed by atoms with van der Waals surface area (Å²) in [6.45, 7) is 6.31. The summed E-state index contributed by atoms with van der Waals surface area (Å²) in [5, 5.41) is 9.73. The van der Waals surface area contributed by atoms with Gasteiger partial charge in [-0.25, -0.2) is 0 Å². The highest BCUT2D eigenvalue weighted by Crippen LogP contribution is 2.20. The van der Waals surface area contributed by atoms with Gasteiger partial charge in [0.15, 0.2) is 0 Å². The summed E-state index contributed by atoms with van der Waals surface area (Å²) >= 11 is 0. The van der Waals surface area contributed by atoms with Gasteiger partial charge in [0.1, 0.15) is 0 Å². The fraction of sp³-hybridized carbons (Fsp3) is 0.750. The molecule has 0 bridgehead atoms. The molecule has 0 spiro atoms. The Hall–Kier alpha value is -0.870. The second-order valence-corrected chi connectivity index (χ2v) is 5.06. The molecule has 2 unspecified atom stereocenters. The average molecular weight is 226 g/mol. The number of hydrogen-bond donors (Lipinski definition) is 2. The number of hydrogen-bond acceptors (Lipinski definition) is 3. The maximum Gasteiger partial charge on any atom is 0.229 e. The van der Waals surface area contributed by atoms with Crippen LogP contribution in [0.1, 0.15) is 27.2 Å². The van der Waals surface area contributed by atoms with Crippen LogP contribution in [-0.4, -0.2) is 40.6 Å². The summed E-state index contributed by atoms with van der Waals surface area (Å²) in [5.74, 6) is -0.0499. The molecule has 4 heteroatoms. The molecular weight excluding hydrogens is 204 g/mol. The lowest BCUT2D eigenvalue weighted by atomic mass is 10.0. The molecule has 0 aromatic heterocycles. The largest absolute Gasteiger partial charge is 0.389 e. The first-order valence-corrected chi connectivity index (χ1v) is 5.78. The van der Waals surface area contributed by atoms with E-state index in [1.807, 2.05) is 19.1 Å². The minimum Gasteiger partial charge on any atom is -0.389 e. The van der Waals surface area contributed by atoms with Gasteiger partial charge in [-0.3, -0.25) is 4.79 Å². The Labute approximate surface area is 97.1 Å². The number of nitrogens with zero attached hydrogens (tertiary/aromatic N) is 1. The summed E-state index contributed by atoms with van der Waals surface area (Å²) in [5.41, 5.74) is 4.87. The third kappa shape index (κ3) is 3.61. The Morgan fingerprint density at radius 2 is 2.19 bits per heavy atom. The fourth-order valence-electron chi connectivity index (χ4n) is 1.96. The summed E-state index contributed by atoms with van der Waals surface area (Å²) in [4.78, 5) is 13.8. The van der Waals surface area contributed by atoms with Crippen LogP contribution in [0.15, 0.2) is 12.2 Å². The number of nitrogens with two attached hydrogens (primary N) is 1. The van der Waals surface area contributed by atoms with E-state index < -0.39 is 5.60 Å². The third-order valence-electron chi connectivity index (χ3n) is 2.71. The third-order valence-corrected chi connectivity index (χ3v) is 2.71. The van der Waals surface area contributed by atoms with E-state index in [1.54, 1.807) is 18.7 Å². The number of carbonyl (C=O) groups excluding carboxylic acids is 1. The second-order valence-electron chi connectivity index (χ2n) is 5.06. The van der Waals surface area contributed by atoms with Crippen molar-refractivity contribution in [3.8, 4) is 0 Å². The van der Waals surface area contributed by atoms with Crippen LogP contribution in [-0.2, 0) is 4.79 Å². The number of likely N-dealkylation sites (N-methyl/N-ethyl adjacent to an activating group) is 1. The minimum atomic E-state index is -0.851. The molecular formula is C12H22N2O2. The van der Waals surface area contributed by atoms with Gasteiger partial charge in [0.05, 0.1) is 11.5 Å². The van der Waals surface area contributed by atoms with E-state index in [4.69, 9.17) is 5.73 Å². The van der Waals surface area contributed by atoms with Gasteiger partial charge in [-0.15, -0.1) is 0 Å². The predicted octanol–water partition coefficient (Wildman–Crippen LogP) is 0.509. The van der Waals surface area contributed by atoms with Gasteiger partial charge in [0, 0.05) is 19.1 Å². The first-order chi connectivity index (χ1) is 7.33. The van der Waals surface area contributed by atoms with Crippen LogP contribution < -0.4 is 5.73 Å². The highest BCUT2D eigenvalue weighted by molar-refractivity contribution is 5.81. The first-order valence-electron chi connectivity index (χ1n) is 5.78. The molecule has 92 valence electrons. The van der Waals surface area contributed by atoms with E-state index in [1.165, 1.54) is 0 Å². The van der Waals surface area contributed by atoms with Gasteiger partial charge >= 0.3 is 0 Å². The van der Waals surface area contributed by atoms with Crippen LogP contribution in [0, 0.1) is 5.92 Å². The van der Waals surface area contributed by atoms with Crippen molar-refractivity contribution in [2.75, 3.05) is 13.1 Å². The zero-order valence-electron chi connectivity index (χ0n) is 10.3. The Morgan fingerprint density at radius 3 is 2.56 bits per heavy atom. The van der Waals surface area contributed by atoms with Crippen molar-refractivity contribution >= 4 is 5.91 Å². The predicted molar refractivity (Wildman–Crippen MR) is 63.8 cm³/mol. The van der Waals surface area contributed by atoms with Gasteiger partial charge in [0.25, 0.3) is 0 Å². The second kappa shape index (κ2) is 4.97. The van der Waals surface area contributed by atoms with Gasteiger partial charge in [-0.05, 0) is 27.2 Å². The topological polar surface area (TPSA) is 66.6 Å². The molecule has 0 saturated carbocycles. The quantitative estimate of drug-likeness (QED) is 0.686. The molecule has 0 radical (unpaired) electrons. The maximum atomic E-state index is 12.1. The van der Waals surface area contributed by atoms with Crippen molar-refractivity contribution in [1.29, 1.82) is 0 Å². The lowest BCUT2D eigenvalue weighted by Crippen LogP contribution is -2.44. The molecule has 1 aliphatic rings. The number of rotatable bonds is 4. The Bertz CT molecular complexity index is 281. The van der Waals surface area contributed by atoms with E-state index in [2.05, 4.69) is 0 Å². The van der Waals surface area contributed by atoms with Crippen molar-refractivity contribution in [3.05, 3.63) is 12.2 Å². The monoisotopic (exact) mass is 226 g/mol. The van der Waals surface area contributed by atoms with Gasteiger partial charge in [0.2, 0.25) is 5.91 Å². The summed E-state index contributed by atoms with van der Waals surface area (Å²) in [7, 11) is 0. The molecule has 2 atom stereocenters. The van der Waals surface area contributed by atoms with Crippen molar-refractivity contribution in [2.24, 2.45) is 11.7 Å². The Morgan fingerprint density at radius 1 is 1.56 bits per heavy atom. The van der Waals surface area contributed by atoms with Crippen molar-refractivity contribution < 1.29 is 9.90 Å². The van der Waals surface area contributed by atoms with Crippen LogP contribution in [0.2, 0.25) is 0 Å². The molecule has 1 aliphatic carbocycles. The zero-order chi connectivity index (χ0) is 12.3. The molecule has 4 nitrogen and oxygen atoms in total. The fourth-order valence-corrected chi connectivity index (χ4v) is 1.96. The van der Waals surface area contributed by atoms with Crippen LogP contribution in [0.25, 0.3) is 0 Å². The van der Waals surface area contributed by atoms with E-state index in [0.717, 1.165) is 0 Å². The molecule has 3 N–H and O–H groups in total. The van der Waals surface area contributed by atoms with E-state index in [-0.39, 0.29) is 17.9 Å². The smallest absolute Gasteiger partial charge is 0.229 e. The maximum absolute atomic E-state index is 12.1.